The number of carbonyl (C=O) groups is 2. The fourth-order valence-corrected chi connectivity index (χ4v) is 3.58. The van der Waals surface area contributed by atoms with Crippen molar-refractivity contribution < 1.29 is 24.2 Å². The fraction of sp³-hybridized carbons (Fsp3) is 0.231. The third kappa shape index (κ3) is 6.11. The van der Waals surface area contributed by atoms with E-state index in [0.29, 0.717) is 17.9 Å². The maximum absolute atomic E-state index is 12.6. The van der Waals surface area contributed by atoms with Gasteiger partial charge in [-0.3, -0.25) is 4.79 Å². The highest BCUT2D eigenvalue weighted by Crippen LogP contribution is 2.16. The third-order valence-electron chi connectivity index (χ3n) is 5.43. The maximum atomic E-state index is 12.6. The summed E-state index contributed by atoms with van der Waals surface area (Å²) >= 11 is 0. The van der Waals surface area contributed by atoms with Crippen molar-refractivity contribution in [2.24, 2.45) is 0 Å². The van der Waals surface area contributed by atoms with E-state index < -0.39 is 18.2 Å². The monoisotopic (exact) mass is 446 g/mol. The second-order valence-electron chi connectivity index (χ2n) is 7.89. The Morgan fingerprint density at radius 3 is 2.09 bits per heavy atom. The summed E-state index contributed by atoms with van der Waals surface area (Å²) in [5, 5.41) is 13.1. The molecule has 1 saturated heterocycles. The first-order chi connectivity index (χ1) is 16.1. The summed E-state index contributed by atoms with van der Waals surface area (Å²) in [6.45, 7) is 0.877. The van der Waals surface area contributed by atoms with Gasteiger partial charge in [-0.15, -0.1) is 0 Å². The van der Waals surface area contributed by atoms with Crippen molar-refractivity contribution in [3.05, 3.63) is 102 Å². The Hall–Kier alpha value is -3.84. The van der Waals surface area contributed by atoms with Crippen LogP contribution in [0, 0.1) is 0 Å². The molecule has 33 heavy (non-hydrogen) atoms. The van der Waals surface area contributed by atoms with E-state index in [0.717, 1.165) is 11.1 Å². The highest BCUT2D eigenvalue weighted by molar-refractivity contribution is 5.94. The molecule has 4 rings (SSSR count). The zero-order valence-corrected chi connectivity index (χ0v) is 18.1. The largest absolute Gasteiger partial charge is 0.489 e. The molecule has 170 valence electrons. The molecule has 1 aliphatic rings. The number of aliphatic hydroxyl groups excluding tert-OH is 1. The van der Waals surface area contributed by atoms with Crippen molar-refractivity contribution in [1.29, 1.82) is 0 Å². The van der Waals surface area contributed by atoms with Crippen LogP contribution in [0.2, 0.25) is 0 Å². The first-order valence-electron chi connectivity index (χ1n) is 10.8. The van der Waals surface area contributed by atoms with Crippen LogP contribution >= 0.6 is 0 Å². The molecule has 0 radical (unpaired) electrons. The molecule has 3 aromatic rings. The molecule has 7 nitrogen and oxygen atoms in total. The number of nitrogens with zero attached hydrogens (tertiary/aromatic N) is 1. The lowest BCUT2D eigenvalue weighted by Gasteiger charge is -2.17. The van der Waals surface area contributed by atoms with E-state index in [9.17, 15) is 14.7 Å². The topological polar surface area (TPSA) is 88.1 Å². The average molecular weight is 447 g/mol. The summed E-state index contributed by atoms with van der Waals surface area (Å²) in [5.41, 5.74) is 2.38. The van der Waals surface area contributed by atoms with Crippen LogP contribution in [-0.4, -0.2) is 47.2 Å². The minimum absolute atomic E-state index is 0.102. The predicted molar refractivity (Wildman–Crippen MR) is 123 cm³/mol. The molecule has 2 N–H and O–H groups in total. The molecule has 3 aromatic carbocycles. The lowest BCUT2D eigenvalue weighted by Crippen LogP contribution is -2.43. The smallest absolute Gasteiger partial charge is 0.410 e. The Bertz CT molecular complexity index is 1060. The van der Waals surface area contributed by atoms with E-state index in [1.54, 1.807) is 24.3 Å². The van der Waals surface area contributed by atoms with Crippen LogP contribution in [-0.2, 0) is 18.0 Å². The van der Waals surface area contributed by atoms with Gasteiger partial charge < -0.3 is 24.8 Å². The van der Waals surface area contributed by atoms with E-state index in [2.05, 4.69) is 5.32 Å². The molecule has 0 spiro atoms. The highest BCUT2D eigenvalue weighted by atomic mass is 16.6. The summed E-state index contributed by atoms with van der Waals surface area (Å²) in [6, 6.07) is 25.4. The van der Waals surface area contributed by atoms with Gasteiger partial charge in [0.1, 0.15) is 19.0 Å². The summed E-state index contributed by atoms with van der Waals surface area (Å²) in [6.07, 6.45) is -1.39. The Balaban J connectivity index is 1.26. The van der Waals surface area contributed by atoms with Gasteiger partial charge in [-0.2, -0.15) is 0 Å². The predicted octanol–water partition coefficient (Wildman–Crippen LogP) is 3.38. The SMILES string of the molecule is O=C(NC1CN(C(=O)OCc2ccccc2)CC1O)c1ccc(OCc2ccccc2)cc1. The first-order valence-corrected chi connectivity index (χ1v) is 10.8. The van der Waals surface area contributed by atoms with Gasteiger partial charge in [0.25, 0.3) is 5.91 Å². The number of carbonyl (C=O) groups excluding carboxylic acids is 2. The van der Waals surface area contributed by atoms with Crippen molar-refractivity contribution in [2.75, 3.05) is 13.1 Å². The Labute approximate surface area is 192 Å². The van der Waals surface area contributed by atoms with Crippen molar-refractivity contribution in [3.63, 3.8) is 0 Å². The van der Waals surface area contributed by atoms with Crippen molar-refractivity contribution in [1.82, 2.24) is 10.2 Å². The van der Waals surface area contributed by atoms with Gasteiger partial charge in [0, 0.05) is 12.1 Å². The molecule has 2 amide bonds. The number of benzene rings is 3. The lowest BCUT2D eigenvalue weighted by molar-refractivity contribution is 0.0887. The van der Waals surface area contributed by atoms with Crippen molar-refractivity contribution in [2.45, 2.75) is 25.4 Å². The second kappa shape index (κ2) is 10.7. The van der Waals surface area contributed by atoms with E-state index in [4.69, 9.17) is 9.47 Å². The number of nitrogens with one attached hydrogen (secondary N) is 1. The molecular weight excluding hydrogens is 420 g/mol. The molecule has 1 heterocycles. The molecule has 0 aromatic heterocycles. The van der Waals surface area contributed by atoms with Crippen molar-refractivity contribution in [3.8, 4) is 5.75 Å². The standard InChI is InChI=1S/C26H26N2O5/c29-24-16-28(26(31)33-18-20-9-5-2-6-10-20)15-23(24)27-25(30)21-11-13-22(14-12-21)32-17-19-7-3-1-4-8-19/h1-14,23-24,29H,15-18H2,(H,27,30). The van der Waals surface area contributed by atoms with E-state index >= 15 is 0 Å². The second-order valence-corrected chi connectivity index (χ2v) is 7.89. The molecule has 0 bridgehead atoms. The molecule has 0 aliphatic carbocycles. The van der Waals surface area contributed by atoms with Gasteiger partial charge in [0.05, 0.1) is 18.7 Å². The minimum Gasteiger partial charge on any atom is -0.489 e. The highest BCUT2D eigenvalue weighted by Gasteiger charge is 2.36. The Morgan fingerprint density at radius 1 is 0.848 bits per heavy atom. The van der Waals surface area contributed by atoms with Gasteiger partial charge in [-0.1, -0.05) is 60.7 Å². The van der Waals surface area contributed by atoms with Crippen LogP contribution in [0.25, 0.3) is 0 Å². The van der Waals surface area contributed by atoms with E-state index in [-0.39, 0.29) is 25.6 Å². The minimum atomic E-state index is -0.869. The molecule has 2 atom stereocenters. The number of ether oxygens (including phenoxy) is 2. The van der Waals surface area contributed by atoms with Gasteiger partial charge in [-0.05, 0) is 35.4 Å². The van der Waals surface area contributed by atoms with Crippen LogP contribution in [0.5, 0.6) is 5.75 Å². The maximum Gasteiger partial charge on any atom is 0.410 e. The summed E-state index contributed by atoms with van der Waals surface area (Å²) in [7, 11) is 0. The van der Waals surface area contributed by atoms with Crippen molar-refractivity contribution >= 4 is 12.0 Å². The molecule has 1 aliphatic heterocycles. The van der Waals surface area contributed by atoms with Crippen LogP contribution in [0.3, 0.4) is 0 Å². The third-order valence-corrected chi connectivity index (χ3v) is 5.43. The number of hydrogen-bond donors (Lipinski definition) is 2. The number of rotatable bonds is 7. The van der Waals surface area contributed by atoms with Gasteiger partial charge in [0.2, 0.25) is 0 Å². The quantitative estimate of drug-likeness (QED) is 0.581. The van der Waals surface area contributed by atoms with Crippen LogP contribution in [0.4, 0.5) is 4.79 Å². The first kappa shape index (κ1) is 22.4. The molecule has 2 unspecified atom stereocenters. The number of hydrogen-bond acceptors (Lipinski definition) is 5. The molecule has 7 heteroatoms. The van der Waals surface area contributed by atoms with E-state index in [1.165, 1.54) is 4.90 Å². The number of likely N-dealkylation sites (tertiary alicyclic amines) is 1. The Kier molecular flexibility index (Phi) is 7.22. The van der Waals surface area contributed by atoms with Gasteiger partial charge >= 0.3 is 6.09 Å². The number of β-amino-alcohol motifs (C(OH)–C–C–N with tert-alkyl or cyclic N) is 1. The van der Waals surface area contributed by atoms with Gasteiger partial charge in [-0.25, -0.2) is 4.79 Å². The van der Waals surface area contributed by atoms with Gasteiger partial charge in [0.15, 0.2) is 0 Å². The zero-order chi connectivity index (χ0) is 23.0. The zero-order valence-electron chi connectivity index (χ0n) is 18.1. The van der Waals surface area contributed by atoms with Crippen LogP contribution in [0.1, 0.15) is 21.5 Å². The molecule has 1 fully saturated rings. The summed E-state index contributed by atoms with van der Waals surface area (Å²) in [4.78, 5) is 26.4. The molecular formula is C26H26N2O5. The fourth-order valence-electron chi connectivity index (χ4n) is 3.58. The average Bonchev–Trinajstić information content (AvgIpc) is 3.23. The van der Waals surface area contributed by atoms with Crippen LogP contribution in [0.15, 0.2) is 84.9 Å². The Morgan fingerprint density at radius 2 is 1.45 bits per heavy atom. The summed E-state index contributed by atoms with van der Waals surface area (Å²) < 4.78 is 11.1. The lowest BCUT2D eigenvalue weighted by atomic mass is 10.1. The number of amides is 2. The summed E-state index contributed by atoms with van der Waals surface area (Å²) in [5.74, 6) is 0.330. The normalized spacial score (nSPS) is 17.4. The molecule has 0 saturated carbocycles. The number of aliphatic hydroxyl groups is 1. The van der Waals surface area contributed by atoms with E-state index in [1.807, 2.05) is 60.7 Å². The van der Waals surface area contributed by atoms with Crippen LogP contribution < -0.4 is 10.1 Å².